The Morgan fingerprint density at radius 2 is 1.79 bits per heavy atom. The van der Waals surface area contributed by atoms with Gasteiger partial charge in [-0.05, 0) is 30.7 Å². The van der Waals surface area contributed by atoms with E-state index in [0.717, 1.165) is 22.4 Å². The van der Waals surface area contributed by atoms with Gasteiger partial charge in [-0.2, -0.15) is 0 Å². The molecule has 0 saturated heterocycles. The van der Waals surface area contributed by atoms with Crippen molar-refractivity contribution in [2.24, 2.45) is 0 Å². The highest BCUT2D eigenvalue weighted by Crippen LogP contribution is 2.47. The van der Waals surface area contributed by atoms with E-state index in [1.165, 1.54) is 0 Å². The van der Waals surface area contributed by atoms with Crippen LogP contribution in [-0.2, 0) is 9.53 Å². The number of esters is 1. The number of para-hydroxylation sites is 1. The lowest BCUT2D eigenvalue weighted by atomic mass is 9.91. The van der Waals surface area contributed by atoms with Crippen molar-refractivity contribution in [3.63, 3.8) is 0 Å². The van der Waals surface area contributed by atoms with Crippen LogP contribution in [0.5, 0.6) is 17.2 Å². The summed E-state index contributed by atoms with van der Waals surface area (Å²) in [7, 11) is 3.19. The lowest BCUT2D eigenvalue weighted by molar-refractivity contribution is -0.145. The molecule has 0 amide bonds. The fourth-order valence-electron chi connectivity index (χ4n) is 2.93. The van der Waals surface area contributed by atoms with Gasteiger partial charge in [-0.3, -0.25) is 4.79 Å². The molecule has 126 valence electrons. The molecule has 0 N–H and O–H groups in total. The summed E-state index contributed by atoms with van der Waals surface area (Å²) in [5, 5.41) is 0. The van der Waals surface area contributed by atoms with E-state index < -0.39 is 6.10 Å². The number of rotatable bonds is 5. The summed E-state index contributed by atoms with van der Waals surface area (Å²) in [4.78, 5) is 12.0. The smallest absolute Gasteiger partial charge is 0.309 e. The highest BCUT2D eigenvalue weighted by atomic mass is 16.5. The van der Waals surface area contributed by atoms with Crippen molar-refractivity contribution < 1.29 is 23.7 Å². The summed E-state index contributed by atoms with van der Waals surface area (Å²) in [5.74, 6) is 1.70. The molecule has 1 aliphatic rings. The molecule has 24 heavy (non-hydrogen) atoms. The van der Waals surface area contributed by atoms with Crippen LogP contribution in [0, 0.1) is 0 Å². The molecule has 0 spiro atoms. The van der Waals surface area contributed by atoms with Crippen LogP contribution in [0.3, 0.4) is 0 Å². The molecule has 2 aromatic carbocycles. The van der Waals surface area contributed by atoms with Crippen molar-refractivity contribution in [3.8, 4) is 28.4 Å². The second-order valence-electron chi connectivity index (χ2n) is 5.41. The van der Waals surface area contributed by atoms with Gasteiger partial charge in [-0.25, -0.2) is 0 Å². The molecule has 0 radical (unpaired) electrons. The third kappa shape index (κ3) is 2.89. The minimum Gasteiger partial charge on any atom is -0.493 e. The fourth-order valence-corrected chi connectivity index (χ4v) is 2.93. The van der Waals surface area contributed by atoms with E-state index in [2.05, 4.69) is 0 Å². The Kier molecular flexibility index (Phi) is 4.60. The Hall–Kier alpha value is -2.69. The van der Waals surface area contributed by atoms with E-state index in [0.29, 0.717) is 18.1 Å². The quantitative estimate of drug-likeness (QED) is 0.782. The van der Waals surface area contributed by atoms with Crippen LogP contribution in [0.1, 0.15) is 25.0 Å². The normalized spacial score (nSPS) is 14.9. The molecule has 3 rings (SSSR count). The zero-order valence-electron chi connectivity index (χ0n) is 14.0. The minimum absolute atomic E-state index is 0.144. The van der Waals surface area contributed by atoms with Gasteiger partial charge in [0.2, 0.25) is 0 Å². The van der Waals surface area contributed by atoms with Crippen molar-refractivity contribution in [2.45, 2.75) is 19.4 Å². The molecular formula is C19H20O5. The van der Waals surface area contributed by atoms with Crippen LogP contribution in [0.2, 0.25) is 0 Å². The SMILES string of the molecule is CCOC(=O)CC1Oc2ccccc2-c2cc(OC)c(OC)cc21. The number of fused-ring (bicyclic) bond motifs is 3. The van der Waals surface area contributed by atoms with Crippen LogP contribution in [0.25, 0.3) is 11.1 Å². The summed E-state index contributed by atoms with van der Waals surface area (Å²) < 4.78 is 21.9. The predicted molar refractivity (Wildman–Crippen MR) is 89.6 cm³/mol. The molecular weight excluding hydrogens is 308 g/mol. The summed E-state index contributed by atoms with van der Waals surface area (Å²) in [6, 6.07) is 11.5. The average molecular weight is 328 g/mol. The highest BCUT2D eigenvalue weighted by molar-refractivity contribution is 5.80. The molecule has 1 atom stereocenters. The Balaban J connectivity index is 2.10. The van der Waals surface area contributed by atoms with Gasteiger partial charge >= 0.3 is 5.97 Å². The largest absolute Gasteiger partial charge is 0.493 e. The van der Waals surface area contributed by atoms with Gasteiger partial charge in [0, 0.05) is 11.1 Å². The number of ether oxygens (including phenoxy) is 4. The number of carbonyl (C=O) groups excluding carboxylic acids is 1. The van der Waals surface area contributed by atoms with Crippen molar-refractivity contribution in [1.82, 2.24) is 0 Å². The van der Waals surface area contributed by atoms with Crippen LogP contribution < -0.4 is 14.2 Å². The number of hydrogen-bond acceptors (Lipinski definition) is 5. The third-order valence-corrected chi connectivity index (χ3v) is 4.01. The fraction of sp³-hybridized carbons (Fsp3) is 0.316. The van der Waals surface area contributed by atoms with E-state index in [4.69, 9.17) is 18.9 Å². The van der Waals surface area contributed by atoms with Gasteiger partial charge in [0.05, 0.1) is 27.2 Å². The van der Waals surface area contributed by atoms with Gasteiger partial charge < -0.3 is 18.9 Å². The summed E-state index contributed by atoms with van der Waals surface area (Å²) in [6.07, 6.45) is -0.279. The molecule has 1 heterocycles. The molecule has 0 fully saturated rings. The molecule has 5 nitrogen and oxygen atoms in total. The Labute approximate surface area is 141 Å². The van der Waals surface area contributed by atoms with Crippen molar-refractivity contribution in [3.05, 3.63) is 42.0 Å². The molecule has 0 aromatic heterocycles. The second-order valence-corrected chi connectivity index (χ2v) is 5.41. The van der Waals surface area contributed by atoms with Gasteiger partial charge in [0.15, 0.2) is 11.5 Å². The number of methoxy groups -OCH3 is 2. The first kappa shape index (κ1) is 16.2. The first-order valence-corrected chi connectivity index (χ1v) is 7.85. The number of hydrogen-bond donors (Lipinski definition) is 0. The van der Waals surface area contributed by atoms with Crippen molar-refractivity contribution >= 4 is 5.97 Å². The molecule has 2 aromatic rings. The minimum atomic E-state index is -0.422. The zero-order valence-corrected chi connectivity index (χ0v) is 14.0. The summed E-state index contributed by atoms with van der Waals surface area (Å²) >= 11 is 0. The Bertz CT molecular complexity index is 753. The first-order valence-electron chi connectivity index (χ1n) is 7.85. The molecule has 1 unspecified atom stereocenters. The lowest BCUT2D eigenvalue weighted by Gasteiger charge is -2.29. The third-order valence-electron chi connectivity index (χ3n) is 4.01. The molecule has 0 bridgehead atoms. The highest BCUT2D eigenvalue weighted by Gasteiger charge is 2.30. The van der Waals surface area contributed by atoms with E-state index in [1.807, 2.05) is 36.4 Å². The van der Waals surface area contributed by atoms with Crippen LogP contribution in [-0.4, -0.2) is 26.8 Å². The predicted octanol–water partition coefficient (Wildman–Crippen LogP) is 3.76. The van der Waals surface area contributed by atoms with E-state index in [9.17, 15) is 4.79 Å². The van der Waals surface area contributed by atoms with Gasteiger partial charge in [0.25, 0.3) is 0 Å². The van der Waals surface area contributed by atoms with E-state index >= 15 is 0 Å². The molecule has 1 aliphatic heterocycles. The summed E-state index contributed by atoms with van der Waals surface area (Å²) in [5.41, 5.74) is 2.83. The maximum Gasteiger partial charge on any atom is 0.309 e. The standard InChI is InChI=1S/C19H20O5/c1-4-23-19(20)11-16-14-10-18(22-3)17(21-2)9-13(14)12-7-5-6-8-15(12)24-16/h5-10,16H,4,11H2,1-3H3. The van der Waals surface area contributed by atoms with E-state index in [1.54, 1.807) is 21.1 Å². The van der Waals surface area contributed by atoms with Gasteiger partial charge in [-0.15, -0.1) is 0 Å². The second kappa shape index (κ2) is 6.83. The van der Waals surface area contributed by atoms with Crippen molar-refractivity contribution in [2.75, 3.05) is 20.8 Å². The topological polar surface area (TPSA) is 54.0 Å². The monoisotopic (exact) mass is 328 g/mol. The van der Waals surface area contributed by atoms with E-state index in [-0.39, 0.29) is 12.4 Å². The Morgan fingerprint density at radius 1 is 1.08 bits per heavy atom. The van der Waals surface area contributed by atoms with Gasteiger partial charge in [0.1, 0.15) is 11.9 Å². The molecule has 0 aliphatic carbocycles. The van der Waals surface area contributed by atoms with Crippen molar-refractivity contribution in [1.29, 1.82) is 0 Å². The maximum atomic E-state index is 12.0. The number of benzene rings is 2. The summed E-state index contributed by atoms with van der Waals surface area (Å²) in [6.45, 7) is 2.14. The number of carbonyl (C=O) groups is 1. The van der Waals surface area contributed by atoms with Crippen LogP contribution in [0.4, 0.5) is 0 Å². The zero-order chi connectivity index (χ0) is 17.1. The molecule has 0 saturated carbocycles. The molecule has 5 heteroatoms. The first-order chi connectivity index (χ1) is 11.7. The average Bonchev–Trinajstić information content (AvgIpc) is 2.60. The van der Waals surface area contributed by atoms with Gasteiger partial charge in [-0.1, -0.05) is 18.2 Å². The maximum absolute atomic E-state index is 12.0. The Morgan fingerprint density at radius 3 is 2.50 bits per heavy atom. The van der Waals surface area contributed by atoms with Crippen LogP contribution in [0.15, 0.2) is 36.4 Å². The van der Waals surface area contributed by atoms with Crippen LogP contribution >= 0.6 is 0 Å². The lowest BCUT2D eigenvalue weighted by Crippen LogP contribution is -2.19.